The van der Waals surface area contributed by atoms with Crippen molar-refractivity contribution in [2.75, 3.05) is 21.3 Å². The number of unbranched alkanes of at least 4 members (excludes halogenated alkanes) is 5. The van der Waals surface area contributed by atoms with Gasteiger partial charge in [0.25, 0.3) is 5.97 Å². The molecule has 0 saturated carbocycles. The summed E-state index contributed by atoms with van der Waals surface area (Å²) in [5.41, 5.74) is 0.991. The van der Waals surface area contributed by atoms with Crippen molar-refractivity contribution in [3.63, 3.8) is 0 Å². The molecule has 4 heteroatoms. The highest BCUT2D eigenvalue weighted by Gasteiger charge is 2.39. The Morgan fingerprint density at radius 1 is 0.920 bits per heavy atom. The van der Waals surface area contributed by atoms with E-state index in [0.717, 1.165) is 31.2 Å². The highest BCUT2D eigenvalue weighted by Crippen LogP contribution is 2.32. The summed E-state index contributed by atoms with van der Waals surface area (Å²) in [6, 6.07) is 6.78. The fourth-order valence-electron chi connectivity index (χ4n) is 3.45. The standard InChI is InChI=1S/C21H35FO3/c1-5-6-7-8-9-10-13-19(21(23-2,24-3)25-4)16-15-18-12-11-14-20(22)17-18/h11-12,14,17,19H,5-10,13,15-16H2,1-4H3. The van der Waals surface area contributed by atoms with Crippen molar-refractivity contribution in [1.82, 2.24) is 0 Å². The first-order valence-electron chi connectivity index (χ1n) is 9.51. The summed E-state index contributed by atoms with van der Waals surface area (Å²) in [6.07, 6.45) is 10.0. The molecule has 0 aliphatic carbocycles. The lowest BCUT2D eigenvalue weighted by Crippen LogP contribution is -2.44. The molecular formula is C21H35FO3. The first-order chi connectivity index (χ1) is 12.1. The van der Waals surface area contributed by atoms with E-state index in [1.165, 1.54) is 38.2 Å². The van der Waals surface area contributed by atoms with Gasteiger partial charge in [0, 0.05) is 27.2 Å². The monoisotopic (exact) mass is 354 g/mol. The van der Waals surface area contributed by atoms with Crippen LogP contribution < -0.4 is 0 Å². The van der Waals surface area contributed by atoms with Gasteiger partial charge in [0.15, 0.2) is 0 Å². The lowest BCUT2D eigenvalue weighted by Gasteiger charge is -2.36. The maximum Gasteiger partial charge on any atom is 0.285 e. The van der Waals surface area contributed by atoms with Gasteiger partial charge in [0.2, 0.25) is 0 Å². The maximum atomic E-state index is 13.4. The molecule has 0 amide bonds. The smallest absolute Gasteiger partial charge is 0.285 e. The van der Waals surface area contributed by atoms with Gasteiger partial charge in [-0.25, -0.2) is 4.39 Å². The number of hydrogen-bond acceptors (Lipinski definition) is 3. The zero-order valence-corrected chi connectivity index (χ0v) is 16.4. The number of methoxy groups -OCH3 is 3. The largest absolute Gasteiger partial charge is 0.331 e. The highest BCUT2D eigenvalue weighted by atomic mass is 19.1. The third-order valence-corrected chi connectivity index (χ3v) is 4.93. The van der Waals surface area contributed by atoms with Crippen LogP contribution in [0, 0.1) is 11.7 Å². The minimum Gasteiger partial charge on any atom is -0.331 e. The van der Waals surface area contributed by atoms with E-state index in [4.69, 9.17) is 14.2 Å². The number of halogens is 1. The van der Waals surface area contributed by atoms with Crippen LogP contribution in [0.5, 0.6) is 0 Å². The van der Waals surface area contributed by atoms with Crippen molar-refractivity contribution in [2.24, 2.45) is 5.92 Å². The van der Waals surface area contributed by atoms with Crippen LogP contribution in [-0.4, -0.2) is 27.3 Å². The van der Waals surface area contributed by atoms with E-state index in [9.17, 15) is 4.39 Å². The summed E-state index contributed by atoms with van der Waals surface area (Å²) < 4.78 is 30.2. The normalized spacial score (nSPS) is 13.2. The van der Waals surface area contributed by atoms with Gasteiger partial charge >= 0.3 is 0 Å². The van der Waals surface area contributed by atoms with Crippen LogP contribution in [0.1, 0.15) is 63.9 Å². The molecule has 0 saturated heterocycles. The lowest BCUT2D eigenvalue weighted by molar-refractivity contribution is -0.380. The predicted molar refractivity (Wildman–Crippen MR) is 100.0 cm³/mol. The SMILES string of the molecule is CCCCCCCCC(CCc1cccc(F)c1)C(OC)(OC)OC. The second-order valence-electron chi connectivity index (χ2n) is 6.64. The van der Waals surface area contributed by atoms with Crippen molar-refractivity contribution in [3.8, 4) is 0 Å². The summed E-state index contributed by atoms with van der Waals surface area (Å²) in [5.74, 6) is -1.13. The lowest BCUT2D eigenvalue weighted by atomic mass is 9.91. The average molecular weight is 355 g/mol. The van der Waals surface area contributed by atoms with E-state index in [1.54, 1.807) is 33.5 Å². The van der Waals surface area contributed by atoms with Crippen molar-refractivity contribution in [1.29, 1.82) is 0 Å². The molecule has 0 fully saturated rings. The molecule has 3 nitrogen and oxygen atoms in total. The molecule has 0 N–H and O–H groups in total. The van der Waals surface area contributed by atoms with Gasteiger partial charge in [-0.05, 0) is 37.0 Å². The number of ether oxygens (including phenoxy) is 3. The Kier molecular flexibility index (Phi) is 10.9. The van der Waals surface area contributed by atoms with Crippen molar-refractivity contribution >= 4 is 0 Å². The average Bonchev–Trinajstić information content (AvgIpc) is 2.63. The van der Waals surface area contributed by atoms with E-state index in [2.05, 4.69) is 6.92 Å². The van der Waals surface area contributed by atoms with Crippen molar-refractivity contribution < 1.29 is 18.6 Å². The molecule has 0 heterocycles. The van der Waals surface area contributed by atoms with Crippen LogP contribution in [-0.2, 0) is 20.6 Å². The molecule has 0 aromatic heterocycles. The minimum atomic E-state index is -1.03. The van der Waals surface area contributed by atoms with Gasteiger partial charge in [-0.3, -0.25) is 0 Å². The Labute approximate surface area is 152 Å². The topological polar surface area (TPSA) is 27.7 Å². The molecule has 0 aliphatic heterocycles. The van der Waals surface area contributed by atoms with Crippen LogP contribution in [0.3, 0.4) is 0 Å². The summed E-state index contributed by atoms with van der Waals surface area (Å²) in [4.78, 5) is 0. The number of aryl methyl sites for hydroxylation is 1. The van der Waals surface area contributed by atoms with Gasteiger partial charge in [-0.15, -0.1) is 0 Å². The molecule has 1 rings (SSSR count). The van der Waals surface area contributed by atoms with E-state index >= 15 is 0 Å². The van der Waals surface area contributed by atoms with E-state index in [1.807, 2.05) is 6.07 Å². The number of hydrogen-bond donors (Lipinski definition) is 0. The molecule has 1 aromatic rings. The zero-order valence-electron chi connectivity index (χ0n) is 16.4. The Hall–Kier alpha value is -0.970. The van der Waals surface area contributed by atoms with E-state index in [-0.39, 0.29) is 11.7 Å². The van der Waals surface area contributed by atoms with Gasteiger partial charge in [-0.1, -0.05) is 57.6 Å². The summed E-state index contributed by atoms with van der Waals surface area (Å²) in [5, 5.41) is 0. The third kappa shape index (κ3) is 7.43. The van der Waals surface area contributed by atoms with Gasteiger partial charge < -0.3 is 14.2 Å². The third-order valence-electron chi connectivity index (χ3n) is 4.93. The number of rotatable bonds is 14. The van der Waals surface area contributed by atoms with Crippen LogP contribution in [0.15, 0.2) is 24.3 Å². The second-order valence-corrected chi connectivity index (χ2v) is 6.64. The highest BCUT2D eigenvalue weighted by molar-refractivity contribution is 5.16. The van der Waals surface area contributed by atoms with Gasteiger partial charge in [-0.2, -0.15) is 0 Å². The first-order valence-corrected chi connectivity index (χ1v) is 9.51. The molecule has 0 spiro atoms. The van der Waals surface area contributed by atoms with E-state index in [0.29, 0.717) is 0 Å². The van der Waals surface area contributed by atoms with Crippen LogP contribution in [0.2, 0.25) is 0 Å². The molecule has 0 radical (unpaired) electrons. The van der Waals surface area contributed by atoms with E-state index < -0.39 is 5.97 Å². The summed E-state index contributed by atoms with van der Waals surface area (Å²) >= 11 is 0. The maximum absolute atomic E-state index is 13.4. The molecule has 25 heavy (non-hydrogen) atoms. The Bertz CT molecular complexity index is 452. The summed E-state index contributed by atoms with van der Waals surface area (Å²) in [6.45, 7) is 2.23. The van der Waals surface area contributed by atoms with Gasteiger partial charge in [0.05, 0.1) is 0 Å². The fraction of sp³-hybridized carbons (Fsp3) is 0.714. The van der Waals surface area contributed by atoms with Crippen LogP contribution in [0.4, 0.5) is 4.39 Å². The minimum absolute atomic E-state index is 0.0990. The molecule has 1 unspecified atom stereocenters. The molecule has 144 valence electrons. The first kappa shape index (κ1) is 22.1. The Morgan fingerprint density at radius 2 is 1.56 bits per heavy atom. The number of benzene rings is 1. The zero-order chi connectivity index (χ0) is 18.5. The van der Waals surface area contributed by atoms with Crippen molar-refractivity contribution in [2.45, 2.75) is 70.7 Å². The predicted octanol–water partition coefficient (Wildman–Crippen LogP) is 5.72. The fourth-order valence-corrected chi connectivity index (χ4v) is 3.45. The van der Waals surface area contributed by atoms with Crippen LogP contribution >= 0.6 is 0 Å². The van der Waals surface area contributed by atoms with Crippen molar-refractivity contribution in [3.05, 3.63) is 35.6 Å². The van der Waals surface area contributed by atoms with Gasteiger partial charge in [0.1, 0.15) is 5.82 Å². The molecule has 0 bridgehead atoms. The molecular weight excluding hydrogens is 319 g/mol. The molecule has 0 aliphatic rings. The quantitative estimate of drug-likeness (QED) is 0.316. The van der Waals surface area contributed by atoms with Crippen LogP contribution in [0.25, 0.3) is 0 Å². The molecule has 1 atom stereocenters. The summed E-state index contributed by atoms with van der Waals surface area (Å²) in [7, 11) is 4.84. The second kappa shape index (κ2) is 12.4. The Morgan fingerprint density at radius 3 is 2.16 bits per heavy atom. The molecule has 1 aromatic carbocycles. The Balaban J connectivity index is 2.63.